The lowest BCUT2D eigenvalue weighted by Crippen LogP contribution is -2.04. The molecule has 0 aliphatic rings. The zero-order chi connectivity index (χ0) is 22.5. The highest BCUT2D eigenvalue weighted by molar-refractivity contribution is 6.10. The lowest BCUT2D eigenvalue weighted by molar-refractivity contribution is -0.137. The van der Waals surface area contributed by atoms with Crippen molar-refractivity contribution >= 4 is 22.8 Å². The highest BCUT2D eigenvalue weighted by Crippen LogP contribution is 2.26. The number of ketones is 1. The molecule has 1 heterocycles. The minimum atomic E-state index is -0.836. The normalized spacial score (nSPS) is 10.9. The van der Waals surface area contributed by atoms with Crippen LogP contribution in [-0.4, -0.2) is 26.8 Å². The second-order valence-electron chi connectivity index (χ2n) is 7.53. The van der Waals surface area contributed by atoms with E-state index >= 15 is 0 Å². The number of hydrogen-bond acceptors (Lipinski definition) is 4. The molecule has 0 bridgehead atoms. The summed E-state index contributed by atoms with van der Waals surface area (Å²) in [5, 5.41) is 8.89. The molecule has 0 amide bonds. The Labute approximate surface area is 184 Å². The monoisotopic (exact) mass is 428 g/mol. The molecule has 0 aliphatic heterocycles. The second-order valence-corrected chi connectivity index (χ2v) is 7.53. The molecule has 0 unspecified atom stereocenters. The number of aliphatic carboxylic acids is 1. The number of carboxylic acid groups (broad SMARTS) is 1. The number of aromatic nitrogens is 2. The van der Waals surface area contributed by atoms with Gasteiger partial charge < -0.3 is 5.11 Å². The van der Waals surface area contributed by atoms with Crippen LogP contribution >= 0.6 is 0 Å². The number of carbonyl (C=O) groups is 2. The van der Waals surface area contributed by atoms with Gasteiger partial charge in [-0.25, -0.2) is 14.4 Å². The molecule has 6 heteroatoms. The van der Waals surface area contributed by atoms with Crippen LogP contribution in [0.3, 0.4) is 0 Å². The molecule has 0 saturated heterocycles. The van der Waals surface area contributed by atoms with E-state index in [4.69, 9.17) is 15.1 Å². The van der Waals surface area contributed by atoms with Gasteiger partial charge in [0.1, 0.15) is 5.82 Å². The average molecular weight is 428 g/mol. The predicted octanol–water partition coefficient (Wildman–Crippen LogP) is 5.46. The van der Waals surface area contributed by atoms with Crippen molar-refractivity contribution in [1.29, 1.82) is 0 Å². The van der Waals surface area contributed by atoms with Gasteiger partial charge in [0, 0.05) is 23.1 Å². The summed E-state index contributed by atoms with van der Waals surface area (Å²) < 4.78 is 13.4. The van der Waals surface area contributed by atoms with Crippen molar-refractivity contribution in [1.82, 2.24) is 9.97 Å². The third-order valence-electron chi connectivity index (χ3n) is 5.21. The quantitative estimate of drug-likeness (QED) is 0.298. The number of hydrogen-bond donors (Lipinski definition) is 1. The number of rotatable bonds is 8. The van der Waals surface area contributed by atoms with Crippen molar-refractivity contribution in [3.63, 3.8) is 0 Å². The molecule has 5 nitrogen and oxygen atoms in total. The summed E-state index contributed by atoms with van der Waals surface area (Å²) in [6.07, 6.45) is 1.76. The number of carbonyl (C=O) groups excluding carboxylic acids is 1. The van der Waals surface area contributed by atoms with Crippen molar-refractivity contribution in [2.24, 2.45) is 0 Å². The maximum atomic E-state index is 13.4. The minimum Gasteiger partial charge on any atom is -0.481 e. The number of halogens is 1. The zero-order valence-corrected chi connectivity index (χ0v) is 17.3. The minimum absolute atomic E-state index is 0.0859. The fraction of sp³-hybridized carbons (Fsp3) is 0.154. The molecule has 4 rings (SSSR count). The van der Waals surface area contributed by atoms with Gasteiger partial charge in [-0.3, -0.25) is 9.59 Å². The van der Waals surface area contributed by atoms with Crippen LogP contribution in [0.2, 0.25) is 0 Å². The molecule has 0 spiro atoms. The second kappa shape index (κ2) is 9.47. The van der Waals surface area contributed by atoms with E-state index in [0.717, 1.165) is 5.56 Å². The summed E-state index contributed by atoms with van der Waals surface area (Å²) >= 11 is 0. The number of unbranched alkanes of at least 4 members (excludes halogenated alkanes) is 1. The summed E-state index contributed by atoms with van der Waals surface area (Å²) in [5.74, 6) is -1.27. The SMILES string of the molecule is O=C(O)CCCCc1nc2cc(C(=O)c3ccccc3)ccc2nc1-c1ccc(F)cc1. The highest BCUT2D eigenvalue weighted by atomic mass is 19.1. The molecule has 0 aliphatic carbocycles. The molecular weight excluding hydrogens is 407 g/mol. The Balaban J connectivity index is 1.73. The van der Waals surface area contributed by atoms with Crippen LogP contribution in [0.5, 0.6) is 0 Å². The van der Waals surface area contributed by atoms with E-state index in [1.165, 1.54) is 12.1 Å². The van der Waals surface area contributed by atoms with Gasteiger partial charge in [-0.05, 0) is 61.7 Å². The van der Waals surface area contributed by atoms with Crippen molar-refractivity contribution < 1.29 is 19.1 Å². The van der Waals surface area contributed by atoms with E-state index in [9.17, 15) is 14.0 Å². The van der Waals surface area contributed by atoms with Crippen LogP contribution < -0.4 is 0 Å². The summed E-state index contributed by atoms with van der Waals surface area (Å²) in [6.45, 7) is 0. The van der Waals surface area contributed by atoms with Gasteiger partial charge >= 0.3 is 5.97 Å². The van der Waals surface area contributed by atoms with Gasteiger partial charge in [-0.1, -0.05) is 30.3 Å². The number of aryl methyl sites for hydroxylation is 1. The summed E-state index contributed by atoms with van der Waals surface area (Å²) in [5.41, 5.74) is 4.39. The molecule has 0 saturated carbocycles. The number of carboxylic acids is 1. The van der Waals surface area contributed by atoms with Gasteiger partial charge in [0.25, 0.3) is 0 Å². The maximum Gasteiger partial charge on any atom is 0.303 e. The Morgan fingerprint density at radius 3 is 2.28 bits per heavy atom. The first kappa shape index (κ1) is 21.3. The lowest BCUT2D eigenvalue weighted by atomic mass is 10.0. The molecular formula is C26H21FN2O3. The van der Waals surface area contributed by atoms with Gasteiger partial charge in [0.2, 0.25) is 0 Å². The van der Waals surface area contributed by atoms with Gasteiger partial charge in [0.05, 0.1) is 22.4 Å². The maximum absolute atomic E-state index is 13.4. The molecule has 0 atom stereocenters. The van der Waals surface area contributed by atoms with Crippen molar-refractivity contribution in [2.75, 3.05) is 0 Å². The Bertz CT molecular complexity index is 1270. The molecule has 160 valence electrons. The molecule has 1 N–H and O–H groups in total. The van der Waals surface area contributed by atoms with Gasteiger partial charge in [-0.15, -0.1) is 0 Å². The first-order chi connectivity index (χ1) is 15.5. The fourth-order valence-corrected chi connectivity index (χ4v) is 3.57. The average Bonchev–Trinajstić information content (AvgIpc) is 2.81. The molecule has 4 aromatic rings. The largest absolute Gasteiger partial charge is 0.481 e. The van der Waals surface area contributed by atoms with E-state index in [2.05, 4.69) is 0 Å². The van der Waals surface area contributed by atoms with E-state index in [1.807, 2.05) is 18.2 Å². The van der Waals surface area contributed by atoms with Crippen molar-refractivity contribution in [3.05, 3.63) is 95.4 Å². The summed E-state index contributed by atoms with van der Waals surface area (Å²) in [7, 11) is 0. The smallest absolute Gasteiger partial charge is 0.303 e. The summed E-state index contributed by atoms with van der Waals surface area (Å²) in [4.78, 5) is 33.2. The third kappa shape index (κ3) is 4.86. The molecule has 1 aromatic heterocycles. The van der Waals surface area contributed by atoms with Crippen LogP contribution in [0, 0.1) is 5.82 Å². The number of benzene rings is 3. The van der Waals surface area contributed by atoms with Crippen molar-refractivity contribution in [3.8, 4) is 11.3 Å². The fourth-order valence-electron chi connectivity index (χ4n) is 3.57. The molecule has 0 fully saturated rings. The van der Waals surface area contributed by atoms with E-state index in [-0.39, 0.29) is 18.0 Å². The van der Waals surface area contributed by atoms with E-state index < -0.39 is 5.97 Å². The molecule has 32 heavy (non-hydrogen) atoms. The van der Waals surface area contributed by atoms with Gasteiger partial charge in [-0.2, -0.15) is 0 Å². The standard InChI is InChI=1S/C26H21FN2O3/c27-20-13-10-17(11-14-20)25-22(8-4-5-9-24(30)31)28-23-16-19(12-15-21(23)29-25)26(32)18-6-2-1-3-7-18/h1-3,6-7,10-16H,4-5,8-9H2,(H,30,31). The van der Waals surface area contributed by atoms with Crippen LogP contribution in [0.1, 0.15) is 40.9 Å². The zero-order valence-electron chi connectivity index (χ0n) is 17.3. The predicted molar refractivity (Wildman–Crippen MR) is 120 cm³/mol. The van der Waals surface area contributed by atoms with Gasteiger partial charge in [0.15, 0.2) is 5.78 Å². The Kier molecular flexibility index (Phi) is 6.31. The Hall–Kier alpha value is -3.93. The van der Waals surface area contributed by atoms with Crippen LogP contribution in [-0.2, 0) is 11.2 Å². The van der Waals surface area contributed by atoms with E-state index in [0.29, 0.717) is 52.8 Å². The first-order valence-corrected chi connectivity index (χ1v) is 10.4. The lowest BCUT2D eigenvalue weighted by Gasteiger charge is -2.11. The van der Waals surface area contributed by atoms with E-state index in [1.54, 1.807) is 42.5 Å². The summed E-state index contributed by atoms with van der Waals surface area (Å²) in [6, 6.07) is 20.3. The topological polar surface area (TPSA) is 80.1 Å². The molecule has 3 aromatic carbocycles. The molecule has 0 radical (unpaired) electrons. The third-order valence-corrected chi connectivity index (χ3v) is 5.21. The highest BCUT2D eigenvalue weighted by Gasteiger charge is 2.14. The Morgan fingerprint density at radius 2 is 1.56 bits per heavy atom. The Morgan fingerprint density at radius 1 is 0.812 bits per heavy atom. The van der Waals surface area contributed by atoms with Crippen molar-refractivity contribution in [2.45, 2.75) is 25.7 Å². The van der Waals surface area contributed by atoms with Crippen LogP contribution in [0.25, 0.3) is 22.3 Å². The van der Waals surface area contributed by atoms with Crippen LogP contribution in [0.15, 0.2) is 72.8 Å². The number of nitrogens with zero attached hydrogens (tertiary/aromatic N) is 2. The van der Waals surface area contributed by atoms with Crippen LogP contribution in [0.4, 0.5) is 4.39 Å². The first-order valence-electron chi connectivity index (χ1n) is 10.4. The number of fused-ring (bicyclic) bond motifs is 1.